The number of aryl methyl sites for hydroxylation is 1. The Labute approximate surface area is 221 Å². The molecule has 0 radical (unpaired) electrons. The average molecular weight is 508 g/mol. The highest BCUT2D eigenvalue weighted by atomic mass is 35.5. The molecular weight excluding hydrogens is 466 g/mol. The van der Waals surface area contributed by atoms with Gasteiger partial charge >= 0.3 is 0 Å². The number of benzene rings is 2. The zero-order valence-corrected chi connectivity index (χ0v) is 22.5. The molecule has 0 bridgehead atoms. The maximum absolute atomic E-state index is 11.1. The van der Waals surface area contributed by atoms with Crippen LogP contribution < -0.4 is 0 Å². The van der Waals surface area contributed by atoms with Crippen molar-refractivity contribution in [1.29, 1.82) is 0 Å². The van der Waals surface area contributed by atoms with Crippen molar-refractivity contribution in [2.24, 2.45) is 17.3 Å². The molecule has 3 fully saturated rings. The molecule has 36 heavy (non-hydrogen) atoms. The van der Waals surface area contributed by atoms with Crippen molar-refractivity contribution in [2.75, 3.05) is 19.6 Å². The molecule has 2 saturated carbocycles. The van der Waals surface area contributed by atoms with Gasteiger partial charge in [-0.3, -0.25) is 0 Å². The molecule has 2 N–H and O–H groups in total. The van der Waals surface area contributed by atoms with Crippen molar-refractivity contribution in [3.63, 3.8) is 0 Å². The van der Waals surface area contributed by atoms with Crippen LogP contribution in [0.5, 0.6) is 5.75 Å². The Bertz CT molecular complexity index is 1080. The summed E-state index contributed by atoms with van der Waals surface area (Å²) in [6.07, 6.45) is 11.4. The van der Waals surface area contributed by atoms with E-state index in [9.17, 15) is 10.2 Å². The number of hydrogen-bond donors (Lipinski definition) is 2. The van der Waals surface area contributed by atoms with Gasteiger partial charge in [-0.2, -0.15) is 0 Å². The lowest BCUT2D eigenvalue weighted by molar-refractivity contribution is -0.0322. The zero-order chi connectivity index (χ0) is 24.9. The molecule has 6 rings (SSSR count). The van der Waals surface area contributed by atoms with E-state index in [1.807, 2.05) is 0 Å². The minimum absolute atomic E-state index is 0.0167. The second kappa shape index (κ2) is 9.97. The third-order valence-corrected chi connectivity index (χ3v) is 11.0. The lowest BCUT2D eigenvalue weighted by Gasteiger charge is -2.54. The van der Waals surface area contributed by atoms with Crippen molar-refractivity contribution < 1.29 is 10.2 Å². The summed E-state index contributed by atoms with van der Waals surface area (Å²) < 4.78 is 0. The number of rotatable bonds is 5. The summed E-state index contributed by atoms with van der Waals surface area (Å²) in [5, 5.41) is 22.0. The fourth-order valence-corrected chi connectivity index (χ4v) is 8.93. The van der Waals surface area contributed by atoms with E-state index in [0.717, 1.165) is 44.1 Å². The summed E-state index contributed by atoms with van der Waals surface area (Å²) in [6.45, 7) is 6.12. The molecule has 1 aliphatic heterocycles. The van der Waals surface area contributed by atoms with Crippen LogP contribution in [0.25, 0.3) is 0 Å². The van der Waals surface area contributed by atoms with E-state index in [-0.39, 0.29) is 17.3 Å². The maximum Gasteiger partial charge on any atom is 0.134 e. The molecule has 1 heterocycles. The van der Waals surface area contributed by atoms with Gasteiger partial charge in [-0.1, -0.05) is 55.3 Å². The summed E-state index contributed by atoms with van der Waals surface area (Å²) in [6, 6.07) is 13.4. The van der Waals surface area contributed by atoms with Gasteiger partial charge < -0.3 is 15.1 Å². The molecule has 2 aromatic carbocycles. The van der Waals surface area contributed by atoms with Gasteiger partial charge in [0.25, 0.3) is 0 Å². The van der Waals surface area contributed by atoms with Crippen molar-refractivity contribution >= 4 is 11.6 Å². The Morgan fingerprint density at radius 2 is 1.78 bits per heavy atom. The van der Waals surface area contributed by atoms with Gasteiger partial charge in [0.15, 0.2) is 0 Å². The summed E-state index contributed by atoms with van der Waals surface area (Å²) in [5.41, 5.74) is 5.31. The first-order chi connectivity index (χ1) is 17.5. The topological polar surface area (TPSA) is 43.7 Å². The molecule has 4 heteroatoms. The Hall–Kier alpha value is -1.55. The second-order valence-corrected chi connectivity index (χ2v) is 12.8. The monoisotopic (exact) mass is 507 g/mol. The summed E-state index contributed by atoms with van der Waals surface area (Å²) in [4.78, 5) is 2.63. The predicted octanol–water partition coefficient (Wildman–Crippen LogP) is 7.07. The van der Waals surface area contributed by atoms with Crippen LogP contribution in [0.2, 0.25) is 5.02 Å². The highest BCUT2D eigenvalue weighted by Crippen LogP contribution is 2.65. The van der Waals surface area contributed by atoms with E-state index in [2.05, 4.69) is 42.2 Å². The molecule has 3 aliphatic carbocycles. The normalized spacial score (nSPS) is 34.1. The van der Waals surface area contributed by atoms with Crippen LogP contribution >= 0.6 is 11.6 Å². The van der Waals surface area contributed by atoms with Crippen molar-refractivity contribution in [2.45, 2.75) is 89.1 Å². The van der Waals surface area contributed by atoms with Crippen molar-refractivity contribution in [3.8, 4) is 5.75 Å². The molecule has 0 aromatic heterocycles. The molecule has 6 atom stereocenters. The number of halogens is 1. The van der Waals surface area contributed by atoms with Crippen molar-refractivity contribution in [1.82, 2.24) is 4.90 Å². The van der Waals surface area contributed by atoms with Crippen LogP contribution in [-0.4, -0.2) is 40.9 Å². The number of piperidine rings is 1. The van der Waals surface area contributed by atoms with Crippen LogP contribution in [-0.2, 0) is 12.8 Å². The number of phenols is 1. The minimum atomic E-state index is -0.204. The fraction of sp³-hybridized carbons (Fsp3) is 0.625. The lowest BCUT2D eigenvalue weighted by atomic mass is 9.51. The Morgan fingerprint density at radius 1 is 1.00 bits per heavy atom. The average Bonchev–Trinajstić information content (AvgIpc) is 3.20. The van der Waals surface area contributed by atoms with Crippen LogP contribution in [0.4, 0.5) is 0 Å². The molecule has 3 nitrogen and oxygen atoms in total. The summed E-state index contributed by atoms with van der Waals surface area (Å²) >= 11 is 6.63. The standard InChI is InChI=1S/C32H42ClNO2/c1-32-20-26(22-9-7-21(8-10-22)6-5-19-34-17-3-2-4-18-34)30-23-13-15-28(35)31(33)24(23)11-12-25(30)27(32)14-16-29(32)36/h7-10,13,15,25-27,29-30,35-36H,2-6,11-12,14,16-20H2,1H3/t25-,26+,27-,29-,30+,32-/m0/s1. The first-order valence-electron chi connectivity index (χ1n) is 14.4. The van der Waals surface area contributed by atoms with E-state index in [1.165, 1.54) is 62.0 Å². The molecule has 4 aliphatic rings. The van der Waals surface area contributed by atoms with E-state index in [1.54, 1.807) is 6.07 Å². The smallest absolute Gasteiger partial charge is 0.134 e. The SMILES string of the molecule is C[C@]12C[C@H](c3ccc(CCCN4CCCCC4)cc3)[C@@H]3c4ccc(O)c(Cl)c4CC[C@H]3[C@@H]1CC[C@@H]2O. The lowest BCUT2D eigenvalue weighted by Crippen LogP contribution is -2.47. The first-order valence-corrected chi connectivity index (χ1v) is 14.8. The first kappa shape index (κ1) is 24.8. The number of fused-ring (bicyclic) bond motifs is 5. The highest BCUT2D eigenvalue weighted by Gasteiger charge is 2.57. The Kier molecular flexibility index (Phi) is 6.86. The summed E-state index contributed by atoms with van der Waals surface area (Å²) in [7, 11) is 0. The second-order valence-electron chi connectivity index (χ2n) is 12.5. The largest absolute Gasteiger partial charge is 0.506 e. The molecular formula is C32H42ClNO2. The van der Waals surface area contributed by atoms with Crippen LogP contribution in [0.3, 0.4) is 0 Å². The van der Waals surface area contributed by atoms with E-state index in [4.69, 9.17) is 11.6 Å². The number of likely N-dealkylation sites (tertiary alicyclic amines) is 1. The van der Waals surface area contributed by atoms with Crippen LogP contribution in [0.1, 0.15) is 92.4 Å². The molecule has 2 aromatic rings. The summed E-state index contributed by atoms with van der Waals surface area (Å²) in [5.74, 6) is 2.09. The highest BCUT2D eigenvalue weighted by molar-refractivity contribution is 6.32. The van der Waals surface area contributed by atoms with Crippen molar-refractivity contribution in [3.05, 3.63) is 63.7 Å². The van der Waals surface area contributed by atoms with Gasteiger partial charge in [0.2, 0.25) is 0 Å². The van der Waals surface area contributed by atoms with Gasteiger partial charge in [-0.15, -0.1) is 0 Å². The number of aromatic hydroxyl groups is 1. The Morgan fingerprint density at radius 3 is 2.56 bits per heavy atom. The van der Waals surface area contributed by atoms with Gasteiger partial charge in [-0.25, -0.2) is 0 Å². The third kappa shape index (κ3) is 4.29. The number of aliphatic hydroxyl groups is 1. The van der Waals surface area contributed by atoms with E-state index < -0.39 is 0 Å². The number of aliphatic hydroxyl groups excluding tert-OH is 1. The zero-order valence-electron chi connectivity index (χ0n) is 21.8. The molecule has 0 unspecified atom stereocenters. The van der Waals surface area contributed by atoms with Crippen LogP contribution in [0, 0.1) is 17.3 Å². The quantitative estimate of drug-likeness (QED) is 0.454. The Balaban J connectivity index is 1.26. The van der Waals surface area contributed by atoms with Gasteiger partial charge in [0.05, 0.1) is 11.1 Å². The third-order valence-electron chi connectivity index (χ3n) is 10.6. The fourth-order valence-electron chi connectivity index (χ4n) is 8.66. The van der Waals surface area contributed by atoms with E-state index in [0.29, 0.717) is 28.7 Å². The predicted molar refractivity (Wildman–Crippen MR) is 147 cm³/mol. The number of hydrogen-bond acceptors (Lipinski definition) is 3. The minimum Gasteiger partial charge on any atom is -0.506 e. The maximum atomic E-state index is 11.1. The van der Waals surface area contributed by atoms with Gasteiger partial charge in [0.1, 0.15) is 5.75 Å². The number of nitrogens with zero attached hydrogens (tertiary/aromatic N) is 1. The number of phenolic OH excluding ortho intramolecular Hbond substituents is 1. The van der Waals surface area contributed by atoms with Crippen LogP contribution in [0.15, 0.2) is 36.4 Å². The molecule has 0 spiro atoms. The van der Waals surface area contributed by atoms with Gasteiger partial charge in [0, 0.05) is 0 Å². The van der Waals surface area contributed by atoms with Gasteiger partial charge in [-0.05, 0) is 135 Å². The molecule has 1 saturated heterocycles. The van der Waals surface area contributed by atoms with E-state index >= 15 is 0 Å². The molecule has 194 valence electrons. The molecule has 0 amide bonds.